The van der Waals surface area contributed by atoms with Gasteiger partial charge in [-0.1, -0.05) is 35.3 Å². The van der Waals surface area contributed by atoms with Crippen molar-refractivity contribution in [1.82, 2.24) is 14.8 Å². The van der Waals surface area contributed by atoms with Crippen LogP contribution in [0.4, 0.5) is 4.79 Å². The van der Waals surface area contributed by atoms with Crippen molar-refractivity contribution < 1.29 is 19.5 Å². The number of amides is 1. The van der Waals surface area contributed by atoms with E-state index >= 15 is 0 Å². The zero-order valence-corrected chi connectivity index (χ0v) is 18.9. The average Bonchev–Trinajstić information content (AvgIpc) is 3.09. The summed E-state index contributed by atoms with van der Waals surface area (Å²) in [5.41, 5.74) is 2.87. The molecule has 0 fully saturated rings. The number of rotatable bonds is 7. The monoisotopic (exact) mass is 463 g/mol. The van der Waals surface area contributed by atoms with Gasteiger partial charge in [-0.3, -0.25) is 5.21 Å². The molecule has 164 valence electrons. The number of nitrogens with zero attached hydrogens (tertiary/aromatic N) is 3. The standard InChI is InChI=1S/C22H23Cl2N3O4/c1-14(2)27(29)22(28)31-13-12-19-20(24)21(15-4-6-16(23)7-5-15)26(25-19)17-8-10-18(30-3)11-9-17/h4-11,14,29H,12-13H2,1-3H3. The van der Waals surface area contributed by atoms with Crippen LogP contribution in [0.5, 0.6) is 5.75 Å². The van der Waals surface area contributed by atoms with Gasteiger partial charge in [-0.05, 0) is 50.2 Å². The van der Waals surface area contributed by atoms with Crippen molar-refractivity contribution >= 4 is 29.3 Å². The first-order valence-corrected chi connectivity index (χ1v) is 10.4. The van der Waals surface area contributed by atoms with Crippen molar-refractivity contribution in [2.75, 3.05) is 13.7 Å². The number of ether oxygens (including phenoxy) is 2. The van der Waals surface area contributed by atoms with Crippen molar-refractivity contribution in [2.45, 2.75) is 26.3 Å². The molecule has 0 radical (unpaired) electrons. The highest BCUT2D eigenvalue weighted by molar-refractivity contribution is 6.34. The highest BCUT2D eigenvalue weighted by Gasteiger charge is 2.21. The van der Waals surface area contributed by atoms with Crippen LogP contribution < -0.4 is 4.74 Å². The molecule has 0 unspecified atom stereocenters. The Morgan fingerprint density at radius 2 is 1.77 bits per heavy atom. The fourth-order valence-corrected chi connectivity index (χ4v) is 3.33. The van der Waals surface area contributed by atoms with E-state index in [-0.39, 0.29) is 19.1 Å². The Hall–Kier alpha value is -2.74. The molecule has 0 spiro atoms. The second-order valence-corrected chi connectivity index (χ2v) is 7.84. The Balaban J connectivity index is 1.92. The Labute approximate surface area is 190 Å². The van der Waals surface area contributed by atoms with Crippen LogP contribution >= 0.6 is 23.2 Å². The zero-order valence-electron chi connectivity index (χ0n) is 17.4. The first-order chi connectivity index (χ1) is 14.8. The minimum atomic E-state index is -0.821. The molecule has 2 aromatic carbocycles. The van der Waals surface area contributed by atoms with Gasteiger partial charge in [-0.2, -0.15) is 10.2 Å². The van der Waals surface area contributed by atoms with E-state index in [4.69, 9.17) is 32.7 Å². The van der Waals surface area contributed by atoms with Crippen molar-refractivity contribution in [3.05, 3.63) is 64.3 Å². The molecule has 0 aliphatic rings. The Bertz CT molecular complexity index is 1030. The largest absolute Gasteiger partial charge is 0.497 e. The van der Waals surface area contributed by atoms with Gasteiger partial charge in [0.05, 0.1) is 41.9 Å². The minimum absolute atomic E-state index is 0.0159. The molecule has 7 nitrogen and oxygen atoms in total. The summed E-state index contributed by atoms with van der Waals surface area (Å²) in [5, 5.41) is 15.9. The Morgan fingerprint density at radius 3 is 2.35 bits per heavy atom. The van der Waals surface area contributed by atoms with Gasteiger partial charge in [0.2, 0.25) is 0 Å². The lowest BCUT2D eigenvalue weighted by Crippen LogP contribution is -2.34. The zero-order chi connectivity index (χ0) is 22.5. The van der Waals surface area contributed by atoms with E-state index in [0.29, 0.717) is 26.5 Å². The molecule has 31 heavy (non-hydrogen) atoms. The maximum Gasteiger partial charge on any atom is 0.433 e. The lowest BCUT2D eigenvalue weighted by atomic mass is 10.1. The normalized spacial score (nSPS) is 10.9. The lowest BCUT2D eigenvalue weighted by Gasteiger charge is -2.17. The molecule has 0 bridgehead atoms. The number of halogens is 2. The van der Waals surface area contributed by atoms with Gasteiger partial charge in [0, 0.05) is 17.0 Å². The van der Waals surface area contributed by atoms with Crippen molar-refractivity contribution in [3.63, 3.8) is 0 Å². The molecule has 0 aliphatic carbocycles. The molecule has 9 heteroatoms. The number of carbonyl (C=O) groups excluding carboxylic acids is 1. The van der Waals surface area contributed by atoms with Gasteiger partial charge in [0.25, 0.3) is 0 Å². The second kappa shape index (κ2) is 10.0. The van der Waals surface area contributed by atoms with Gasteiger partial charge in [-0.25, -0.2) is 9.48 Å². The molecule has 0 saturated heterocycles. The third-order valence-electron chi connectivity index (χ3n) is 4.57. The highest BCUT2D eigenvalue weighted by atomic mass is 35.5. The number of hydroxylamine groups is 2. The topological polar surface area (TPSA) is 76.8 Å². The van der Waals surface area contributed by atoms with Crippen LogP contribution in [-0.4, -0.2) is 45.9 Å². The molecular formula is C22H23Cl2N3O4. The molecular weight excluding hydrogens is 441 g/mol. The number of carbonyl (C=O) groups is 1. The van der Waals surface area contributed by atoms with Gasteiger partial charge in [0.15, 0.2) is 0 Å². The second-order valence-electron chi connectivity index (χ2n) is 7.03. The molecule has 0 atom stereocenters. The molecule has 3 aromatic rings. The number of hydrogen-bond acceptors (Lipinski definition) is 5. The maximum atomic E-state index is 11.8. The van der Waals surface area contributed by atoms with E-state index in [1.54, 1.807) is 37.8 Å². The third kappa shape index (κ3) is 5.31. The Kier molecular flexibility index (Phi) is 7.43. The molecule has 0 saturated carbocycles. The van der Waals surface area contributed by atoms with Crippen molar-refractivity contribution in [3.8, 4) is 22.7 Å². The summed E-state index contributed by atoms with van der Waals surface area (Å²) in [5.74, 6) is 0.723. The van der Waals surface area contributed by atoms with Crippen LogP contribution in [0, 0.1) is 0 Å². The van der Waals surface area contributed by atoms with Gasteiger partial charge < -0.3 is 9.47 Å². The fourth-order valence-electron chi connectivity index (χ4n) is 2.88. The summed E-state index contributed by atoms with van der Waals surface area (Å²) in [6, 6.07) is 14.3. The average molecular weight is 464 g/mol. The summed E-state index contributed by atoms with van der Waals surface area (Å²) < 4.78 is 12.1. The van der Waals surface area contributed by atoms with E-state index in [0.717, 1.165) is 17.0 Å². The van der Waals surface area contributed by atoms with Crippen LogP contribution in [0.2, 0.25) is 10.0 Å². The first kappa shape index (κ1) is 22.9. The fraction of sp³-hybridized carbons (Fsp3) is 0.273. The lowest BCUT2D eigenvalue weighted by molar-refractivity contribution is -0.0953. The van der Waals surface area contributed by atoms with Crippen LogP contribution in [0.25, 0.3) is 16.9 Å². The van der Waals surface area contributed by atoms with E-state index < -0.39 is 6.09 Å². The SMILES string of the molecule is COc1ccc(-n2nc(CCOC(=O)N(O)C(C)C)c(Cl)c2-c2ccc(Cl)cc2)cc1. The van der Waals surface area contributed by atoms with Crippen LogP contribution in [-0.2, 0) is 11.2 Å². The van der Waals surface area contributed by atoms with Gasteiger partial charge in [0.1, 0.15) is 5.75 Å². The summed E-state index contributed by atoms with van der Waals surface area (Å²) in [6.45, 7) is 3.36. The molecule has 1 N–H and O–H groups in total. The van der Waals surface area contributed by atoms with Crippen LogP contribution in [0.1, 0.15) is 19.5 Å². The predicted molar refractivity (Wildman–Crippen MR) is 119 cm³/mol. The summed E-state index contributed by atoms with van der Waals surface area (Å²) in [7, 11) is 1.60. The molecule has 3 rings (SSSR count). The summed E-state index contributed by atoms with van der Waals surface area (Å²) >= 11 is 12.7. The van der Waals surface area contributed by atoms with Gasteiger partial charge in [-0.15, -0.1) is 0 Å². The van der Waals surface area contributed by atoms with Crippen molar-refractivity contribution in [1.29, 1.82) is 0 Å². The smallest absolute Gasteiger partial charge is 0.433 e. The maximum absolute atomic E-state index is 11.8. The minimum Gasteiger partial charge on any atom is -0.497 e. The highest BCUT2D eigenvalue weighted by Crippen LogP contribution is 2.34. The number of hydrogen-bond donors (Lipinski definition) is 1. The molecule has 1 heterocycles. The molecule has 1 amide bonds. The first-order valence-electron chi connectivity index (χ1n) is 9.64. The van der Waals surface area contributed by atoms with E-state index in [1.165, 1.54) is 0 Å². The summed E-state index contributed by atoms with van der Waals surface area (Å²) in [4.78, 5) is 11.8. The van der Waals surface area contributed by atoms with E-state index in [2.05, 4.69) is 5.10 Å². The number of aromatic nitrogens is 2. The quantitative estimate of drug-likeness (QED) is 0.362. The van der Waals surface area contributed by atoms with Crippen LogP contribution in [0.15, 0.2) is 48.5 Å². The summed E-state index contributed by atoms with van der Waals surface area (Å²) in [6.07, 6.45) is -0.543. The van der Waals surface area contributed by atoms with Gasteiger partial charge >= 0.3 is 6.09 Å². The van der Waals surface area contributed by atoms with E-state index in [1.807, 2.05) is 36.4 Å². The molecule has 1 aromatic heterocycles. The number of benzene rings is 2. The third-order valence-corrected chi connectivity index (χ3v) is 5.22. The van der Waals surface area contributed by atoms with E-state index in [9.17, 15) is 10.0 Å². The molecule has 0 aliphatic heterocycles. The van der Waals surface area contributed by atoms with Crippen molar-refractivity contribution in [2.24, 2.45) is 0 Å². The predicted octanol–water partition coefficient (Wildman–Crippen LogP) is 5.63. The van der Waals surface area contributed by atoms with Crippen LogP contribution in [0.3, 0.4) is 0 Å². The Morgan fingerprint density at radius 1 is 1.13 bits per heavy atom. The number of methoxy groups -OCH3 is 1.